The number of hydrogen-bond donors (Lipinski definition) is 1. The van der Waals surface area contributed by atoms with E-state index in [1.165, 1.54) is 0 Å². The third-order valence-electron chi connectivity index (χ3n) is 2.14. The summed E-state index contributed by atoms with van der Waals surface area (Å²) in [6, 6.07) is 5.73. The minimum Gasteiger partial charge on any atom is -0.466 e. The van der Waals surface area contributed by atoms with Gasteiger partial charge in [-0.3, -0.25) is 4.79 Å². The van der Waals surface area contributed by atoms with Crippen LogP contribution in [0.1, 0.15) is 18.9 Å². The van der Waals surface area contributed by atoms with Crippen molar-refractivity contribution < 1.29 is 9.53 Å². The van der Waals surface area contributed by atoms with Gasteiger partial charge in [0, 0.05) is 17.3 Å². The van der Waals surface area contributed by atoms with Crippen LogP contribution in [0.15, 0.2) is 18.2 Å². The summed E-state index contributed by atoms with van der Waals surface area (Å²) in [5.74, 6) is -0.187. The molecule has 0 aliphatic carbocycles. The third-order valence-corrected chi connectivity index (χ3v) is 2.54. The predicted octanol–water partition coefficient (Wildman–Crippen LogP) is 3.01. The summed E-state index contributed by atoms with van der Waals surface area (Å²) in [7, 11) is 0. The summed E-state index contributed by atoms with van der Waals surface area (Å²) in [5, 5.41) is 3.84. The Balaban J connectivity index is 2.37. The van der Waals surface area contributed by atoms with Crippen molar-refractivity contribution in [2.75, 3.05) is 18.5 Å². The average Bonchev–Trinajstić information content (AvgIpc) is 2.24. The summed E-state index contributed by atoms with van der Waals surface area (Å²) in [6.07, 6.45) is 0.360. The Morgan fingerprint density at radius 1 is 1.50 bits per heavy atom. The summed E-state index contributed by atoms with van der Waals surface area (Å²) >= 11 is 5.97. The molecule has 0 spiro atoms. The highest BCUT2D eigenvalue weighted by atomic mass is 35.5. The predicted molar refractivity (Wildman–Crippen MR) is 65.9 cm³/mol. The van der Waals surface area contributed by atoms with Gasteiger partial charge in [0.05, 0.1) is 13.0 Å². The largest absolute Gasteiger partial charge is 0.466 e. The lowest BCUT2D eigenvalue weighted by Gasteiger charge is -2.07. The highest BCUT2D eigenvalue weighted by molar-refractivity contribution is 6.31. The molecule has 0 amide bonds. The van der Waals surface area contributed by atoms with E-state index in [0.29, 0.717) is 19.6 Å². The molecule has 0 radical (unpaired) electrons. The second kappa shape index (κ2) is 6.38. The smallest absolute Gasteiger partial charge is 0.307 e. The maximum atomic E-state index is 11.1. The molecule has 3 nitrogen and oxygen atoms in total. The molecule has 0 bridgehead atoms. The minimum atomic E-state index is -0.187. The Kier molecular flexibility index (Phi) is 5.12. The molecule has 16 heavy (non-hydrogen) atoms. The van der Waals surface area contributed by atoms with Gasteiger partial charge in [-0.25, -0.2) is 0 Å². The maximum absolute atomic E-state index is 11.1. The van der Waals surface area contributed by atoms with E-state index in [1.54, 1.807) is 6.92 Å². The number of benzene rings is 1. The van der Waals surface area contributed by atoms with Gasteiger partial charge < -0.3 is 10.1 Å². The monoisotopic (exact) mass is 241 g/mol. The molecule has 0 heterocycles. The Hall–Kier alpha value is -1.22. The van der Waals surface area contributed by atoms with Crippen molar-refractivity contribution in [3.05, 3.63) is 28.8 Å². The second-order valence-corrected chi connectivity index (χ2v) is 3.85. The second-order valence-electron chi connectivity index (χ2n) is 3.45. The molecule has 1 aromatic carbocycles. The molecule has 1 rings (SSSR count). The fourth-order valence-electron chi connectivity index (χ4n) is 1.24. The number of hydrogen-bond acceptors (Lipinski definition) is 3. The van der Waals surface area contributed by atoms with Crippen molar-refractivity contribution in [2.24, 2.45) is 0 Å². The first-order chi connectivity index (χ1) is 7.63. The zero-order valence-electron chi connectivity index (χ0n) is 9.55. The van der Waals surface area contributed by atoms with Crippen LogP contribution < -0.4 is 5.32 Å². The topological polar surface area (TPSA) is 38.3 Å². The number of halogens is 1. The van der Waals surface area contributed by atoms with Crippen LogP contribution in [0.4, 0.5) is 5.69 Å². The van der Waals surface area contributed by atoms with Gasteiger partial charge in [0.1, 0.15) is 0 Å². The molecule has 0 aliphatic rings. The van der Waals surface area contributed by atoms with Crippen molar-refractivity contribution in [1.29, 1.82) is 0 Å². The molecule has 1 N–H and O–H groups in total. The van der Waals surface area contributed by atoms with E-state index in [-0.39, 0.29) is 5.97 Å². The summed E-state index contributed by atoms with van der Waals surface area (Å²) in [6.45, 7) is 4.73. The van der Waals surface area contributed by atoms with Gasteiger partial charge in [0.2, 0.25) is 0 Å². The molecule has 88 valence electrons. The Bertz CT molecular complexity index is 366. The van der Waals surface area contributed by atoms with Crippen molar-refractivity contribution in [3.63, 3.8) is 0 Å². The maximum Gasteiger partial charge on any atom is 0.307 e. The van der Waals surface area contributed by atoms with Crippen LogP contribution in [0.2, 0.25) is 5.02 Å². The van der Waals surface area contributed by atoms with Crippen LogP contribution >= 0.6 is 11.6 Å². The van der Waals surface area contributed by atoms with Crippen LogP contribution in [-0.2, 0) is 9.53 Å². The molecule has 1 aromatic rings. The van der Waals surface area contributed by atoms with Crippen LogP contribution in [0.25, 0.3) is 0 Å². The van der Waals surface area contributed by atoms with Crippen molar-refractivity contribution >= 4 is 23.3 Å². The fraction of sp³-hybridized carbons (Fsp3) is 0.417. The molecule has 0 saturated carbocycles. The van der Waals surface area contributed by atoms with E-state index < -0.39 is 0 Å². The van der Waals surface area contributed by atoms with Gasteiger partial charge in [-0.05, 0) is 31.5 Å². The average molecular weight is 242 g/mol. The van der Waals surface area contributed by atoms with Gasteiger partial charge in [-0.1, -0.05) is 17.7 Å². The Morgan fingerprint density at radius 3 is 2.88 bits per heavy atom. The SMILES string of the molecule is CCOC(=O)CCNc1ccc(C)c(Cl)c1. The van der Waals surface area contributed by atoms with E-state index in [9.17, 15) is 4.79 Å². The number of carbonyl (C=O) groups excluding carboxylic acids is 1. The van der Waals surface area contributed by atoms with Crippen LogP contribution in [0.3, 0.4) is 0 Å². The quantitative estimate of drug-likeness (QED) is 0.806. The van der Waals surface area contributed by atoms with Crippen LogP contribution in [0.5, 0.6) is 0 Å². The van der Waals surface area contributed by atoms with E-state index in [0.717, 1.165) is 16.3 Å². The summed E-state index contributed by atoms with van der Waals surface area (Å²) in [5.41, 5.74) is 1.96. The van der Waals surface area contributed by atoms with Crippen LogP contribution in [-0.4, -0.2) is 19.1 Å². The molecule has 0 saturated heterocycles. The molecule has 4 heteroatoms. The lowest BCUT2D eigenvalue weighted by molar-refractivity contribution is -0.142. The molecular weight excluding hydrogens is 226 g/mol. The summed E-state index contributed by atoms with van der Waals surface area (Å²) < 4.78 is 4.82. The highest BCUT2D eigenvalue weighted by Gasteiger charge is 2.01. The number of ether oxygens (including phenoxy) is 1. The minimum absolute atomic E-state index is 0.187. The fourth-order valence-corrected chi connectivity index (χ4v) is 1.43. The number of carbonyl (C=O) groups is 1. The number of esters is 1. The Labute approximate surface area is 101 Å². The van der Waals surface area contributed by atoms with Gasteiger partial charge in [-0.15, -0.1) is 0 Å². The number of anilines is 1. The normalized spacial score (nSPS) is 9.94. The van der Waals surface area contributed by atoms with E-state index in [2.05, 4.69) is 5.32 Å². The van der Waals surface area contributed by atoms with Crippen molar-refractivity contribution in [2.45, 2.75) is 20.3 Å². The van der Waals surface area contributed by atoms with Crippen LogP contribution in [0, 0.1) is 6.92 Å². The Morgan fingerprint density at radius 2 is 2.25 bits per heavy atom. The van der Waals surface area contributed by atoms with Crippen molar-refractivity contribution in [1.82, 2.24) is 0 Å². The highest BCUT2D eigenvalue weighted by Crippen LogP contribution is 2.19. The first kappa shape index (κ1) is 12.8. The standard InChI is InChI=1S/C12H16ClNO2/c1-3-16-12(15)6-7-14-10-5-4-9(2)11(13)8-10/h4-5,8,14H,3,6-7H2,1-2H3. The molecule has 0 fully saturated rings. The van der Waals surface area contributed by atoms with Gasteiger partial charge in [0.15, 0.2) is 0 Å². The first-order valence-corrected chi connectivity index (χ1v) is 5.67. The lowest BCUT2D eigenvalue weighted by Crippen LogP contribution is -2.11. The lowest BCUT2D eigenvalue weighted by atomic mass is 10.2. The van der Waals surface area contributed by atoms with Gasteiger partial charge >= 0.3 is 5.97 Å². The number of nitrogens with one attached hydrogen (secondary N) is 1. The zero-order chi connectivity index (χ0) is 12.0. The summed E-state index contributed by atoms with van der Waals surface area (Å²) in [4.78, 5) is 11.1. The van der Waals surface area contributed by atoms with E-state index in [1.807, 2.05) is 25.1 Å². The molecule has 0 unspecified atom stereocenters. The molecule has 0 aromatic heterocycles. The number of aryl methyl sites for hydroxylation is 1. The van der Waals surface area contributed by atoms with E-state index in [4.69, 9.17) is 16.3 Å². The first-order valence-electron chi connectivity index (χ1n) is 5.29. The number of rotatable bonds is 5. The third kappa shape index (κ3) is 4.11. The molecule has 0 atom stereocenters. The van der Waals surface area contributed by atoms with Gasteiger partial charge in [0.25, 0.3) is 0 Å². The van der Waals surface area contributed by atoms with Gasteiger partial charge in [-0.2, -0.15) is 0 Å². The zero-order valence-corrected chi connectivity index (χ0v) is 10.3. The molecular formula is C12H16ClNO2. The van der Waals surface area contributed by atoms with E-state index >= 15 is 0 Å². The van der Waals surface area contributed by atoms with Crippen molar-refractivity contribution in [3.8, 4) is 0 Å². The molecule has 0 aliphatic heterocycles.